The molecule has 0 bridgehead atoms. The smallest absolute Gasteiger partial charge is 0.306 e. The first kappa shape index (κ1) is 26.0. The number of halogens is 2. The second-order valence-electron chi connectivity index (χ2n) is 10.3. The predicted molar refractivity (Wildman–Crippen MR) is 147 cm³/mol. The van der Waals surface area contributed by atoms with E-state index in [1.165, 1.54) is 5.56 Å². The third-order valence-corrected chi connectivity index (χ3v) is 8.20. The maximum Gasteiger partial charge on any atom is 0.306 e. The standard InChI is InChI=1S/C30H32Cl2N2O3/c1-19(29(35)36)5-4-6-20-9-11-21(12-10-20)16-34-30(15-27(30)32)24-17-33-18-25(31)28(24)23-7-2-3-8-26(23)37-22-13-14-22/h2-3,7-12,17-19,22,27,34H,4-6,13-16H2,1H3,(H,35,36). The van der Waals surface area contributed by atoms with Crippen LogP contribution < -0.4 is 10.1 Å². The van der Waals surface area contributed by atoms with E-state index in [9.17, 15) is 4.79 Å². The SMILES string of the molecule is CC(CCCc1ccc(CNC2(c3cncc(Cl)c3-c3ccccc3OC3CC3)CC2Cl)cc1)C(=O)O. The van der Waals surface area contributed by atoms with E-state index >= 15 is 0 Å². The van der Waals surface area contributed by atoms with Gasteiger partial charge in [-0.1, -0.05) is 61.0 Å². The van der Waals surface area contributed by atoms with Gasteiger partial charge in [0.15, 0.2) is 0 Å². The molecule has 37 heavy (non-hydrogen) atoms. The third kappa shape index (κ3) is 5.95. The quantitative estimate of drug-likeness (QED) is 0.243. The molecule has 1 heterocycles. The van der Waals surface area contributed by atoms with Crippen molar-refractivity contribution in [2.45, 2.75) is 69.0 Å². The summed E-state index contributed by atoms with van der Waals surface area (Å²) in [6.45, 7) is 2.42. The molecule has 0 radical (unpaired) electrons. The van der Waals surface area contributed by atoms with E-state index in [4.69, 9.17) is 33.0 Å². The minimum absolute atomic E-state index is 0.0708. The summed E-state index contributed by atoms with van der Waals surface area (Å²) in [5, 5.41) is 13.3. The van der Waals surface area contributed by atoms with Crippen LogP contribution in [0.2, 0.25) is 5.02 Å². The van der Waals surface area contributed by atoms with Gasteiger partial charge in [0, 0.05) is 35.6 Å². The van der Waals surface area contributed by atoms with Gasteiger partial charge >= 0.3 is 5.97 Å². The van der Waals surface area contributed by atoms with Crippen molar-refractivity contribution in [3.05, 3.63) is 82.6 Å². The van der Waals surface area contributed by atoms with Crippen molar-refractivity contribution >= 4 is 29.2 Å². The molecular weight excluding hydrogens is 507 g/mol. The number of aromatic nitrogens is 1. The van der Waals surface area contributed by atoms with Crippen molar-refractivity contribution in [3.8, 4) is 16.9 Å². The molecule has 3 atom stereocenters. The Morgan fingerprint density at radius 3 is 2.54 bits per heavy atom. The molecule has 3 aromatic rings. The summed E-state index contributed by atoms with van der Waals surface area (Å²) in [5.41, 5.74) is 4.84. The molecule has 2 aliphatic rings. The van der Waals surface area contributed by atoms with E-state index < -0.39 is 11.5 Å². The summed E-state index contributed by atoms with van der Waals surface area (Å²) < 4.78 is 6.21. The minimum Gasteiger partial charge on any atom is -0.490 e. The Morgan fingerprint density at radius 2 is 1.86 bits per heavy atom. The second kappa shape index (κ2) is 11.0. The van der Waals surface area contributed by atoms with Crippen molar-refractivity contribution < 1.29 is 14.6 Å². The van der Waals surface area contributed by atoms with Crippen LogP contribution in [0.4, 0.5) is 0 Å². The van der Waals surface area contributed by atoms with Gasteiger partial charge in [0.1, 0.15) is 5.75 Å². The molecule has 2 N–H and O–H groups in total. The van der Waals surface area contributed by atoms with Crippen LogP contribution in [0.15, 0.2) is 60.9 Å². The lowest BCUT2D eigenvalue weighted by Gasteiger charge is -2.24. The number of benzene rings is 2. The highest BCUT2D eigenvalue weighted by Crippen LogP contribution is 2.54. The van der Waals surface area contributed by atoms with Crippen LogP contribution in [-0.2, 0) is 23.3 Å². The monoisotopic (exact) mass is 538 g/mol. The number of para-hydroxylation sites is 1. The molecule has 5 rings (SSSR count). The molecule has 5 nitrogen and oxygen atoms in total. The molecule has 2 aromatic carbocycles. The number of alkyl halides is 1. The summed E-state index contributed by atoms with van der Waals surface area (Å²) in [6.07, 6.45) is 9.22. The number of aliphatic carboxylic acids is 1. The van der Waals surface area contributed by atoms with E-state index in [-0.39, 0.29) is 17.4 Å². The lowest BCUT2D eigenvalue weighted by molar-refractivity contribution is -0.141. The fraction of sp³-hybridized carbons (Fsp3) is 0.400. The molecule has 7 heteroatoms. The lowest BCUT2D eigenvalue weighted by atomic mass is 9.94. The second-order valence-corrected chi connectivity index (χ2v) is 11.2. The molecule has 0 saturated heterocycles. The number of ether oxygens (including phenoxy) is 1. The topological polar surface area (TPSA) is 71.5 Å². The summed E-state index contributed by atoms with van der Waals surface area (Å²) in [4.78, 5) is 15.4. The highest BCUT2D eigenvalue weighted by molar-refractivity contribution is 6.33. The molecular formula is C30H32Cl2N2O3. The Balaban J connectivity index is 1.31. The lowest BCUT2D eigenvalue weighted by Crippen LogP contribution is -2.32. The zero-order valence-corrected chi connectivity index (χ0v) is 22.4. The maximum absolute atomic E-state index is 11.0. The van der Waals surface area contributed by atoms with Gasteiger partial charge in [-0.2, -0.15) is 0 Å². The van der Waals surface area contributed by atoms with Crippen molar-refractivity contribution in [3.63, 3.8) is 0 Å². The first-order valence-electron chi connectivity index (χ1n) is 13.0. The molecule has 2 saturated carbocycles. The largest absolute Gasteiger partial charge is 0.490 e. The Kier molecular flexibility index (Phi) is 7.75. The van der Waals surface area contributed by atoms with Crippen LogP contribution in [0.5, 0.6) is 5.75 Å². The number of aryl methyl sites for hydroxylation is 1. The fourth-order valence-electron chi connectivity index (χ4n) is 4.79. The highest BCUT2D eigenvalue weighted by atomic mass is 35.5. The molecule has 0 spiro atoms. The number of carboxylic acids is 1. The van der Waals surface area contributed by atoms with E-state index in [1.54, 1.807) is 13.1 Å². The molecule has 2 fully saturated rings. The number of nitrogens with one attached hydrogen (secondary N) is 1. The molecule has 0 amide bonds. The molecule has 194 valence electrons. The average Bonchev–Trinajstić information content (AvgIpc) is 3.82. The van der Waals surface area contributed by atoms with Crippen LogP contribution >= 0.6 is 23.2 Å². The van der Waals surface area contributed by atoms with Crippen LogP contribution in [0.3, 0.4) is 0 Å². The van der Waals surface area contributed by atoms with Gasteiger partial charge in [0.2, 0.25) is 0 Å². The molecule has 0 aliphatic heterocycles. The van der Waals surface area contributed by atoms with Crippen LogP contribution in [0.25, 0.3) is 11.1 Å². The van der Waals surface area contributed by atoms with Crippen molar-refractivity contribution in [1.29, 1.82) is 0 Å². The number of carboxylic acid groups (broad SMARTS) is 1. The number of carbonyl (C=O) groups is 1. The zero-order valence-electron chi connectivity index (χ0n) is 20.9. The van der Waals surface area contributed by atoms with Gasteiger partial charge < -0.3 is 15.2 Å². The van der Waals surface area contributed by atoms with Crippen LogP contribution in [-0.4, -0.2) is 27.5 Å². The summed E-state index contributed by atoms with van der Waals surface area (Å²) in [6, 6.07) is 16.5. The summed E-state index contributed by atoms with van der Waals surface area (Å²) in [7, 11) is 0. The Bertz CT molecular complexity index is 1260. The average molecular weight is 540 g/mol. The van der Waals surface area contributed by atoms with Gasteiger partial charge in [0.05, 0.1) is 28.0 Å². The number of pyridine rings is 1. The molecule has 1 aromatic heterocycles. The van der Waals surface area contributed by atoms with Gasteiger partial charge in [-0.05, 0) is 55.7 Å². The Morgan fingerprint density at radius 1 is 1.16 bits per heavy atom. The zero-order chi connectivity index (χ0) is 26.0. The molecule has 2 aliphatic carbocycles. The predicted octanol–water partition coefficient (Wildman–Crippen LogP) is 6.98. The Labute approximate surface area is 228 Å². The van der Waals surface area contributed by atoms with Crippen molar-refractivity contribution in [1.82, 2.24) is 10.3 Å². The summed E-state index contributed by atoms with van der Waals surface area (Å²) >= 11 is 13.5. The highest BCUT2D eigenvalue weighted by Gasteiger charge is 2.56. The number of hydrogen-bond acceptors (Lipinski definition) is 4. The Hall–Kier alpha value is -2.60. The van der Waals surface area contributed by atoms with Crippen LogP contribution in [0.1, 0.15) is 55.7 Å². The molecule has 3 unspecified atom stereocenters. The maximum atomic E-state index is 11.0. The first-order valence-corrected chi connectivity index (χ1v) is 13.8. The number of rotatable bonds is 12. The van der Waals surface area contributed by atoms with E-state index in [2.05, 4.69) is 40.6 Å². The van der Waals surface area contributed by atoms with Gasteiger partial charge in [0.25, 0.3) is 0 Å². The number of nitrogens with zero attached hydrogens (tertiary/aromatic N) is 1. The van der Waals surface area contributed by atoms with Crippen LogP contribution in [0, 0.1) is 5.92 Å². The van der Waals surface area contributed by atoms with Crippen molar-refractivity contribution in [2.24, 2.45) is 5.92 Å². The summed E-state index contributed by atoms with van der Waals surface area (Å²) in [5.74, 6) is -0.195. The van der Waals surface area contributed by atoms with Gasteiger partial charge in [-0.15, -0.1) is 11.6 Å². The van der Waals surface area contributed by atoms with E-state index in [0.29, 0.717) is 18.0 Å². The van der Waals surface area contributed by atoms with Gasteiger partial charge in [-0.25, -0.2) is 0 Å². The third-order valence-electron chi connectivity index (χ3n) is 7.39. The number of hydrogen-bond donors (Lipinski definition) is 2. The van der Waals surface area contributed by atoms with Crippen molar-refractivity contribution in [2.75, 3.05) is 0 Å². The van der Waals surface area contributed by atoms with E-state index in [1.807, 2.05) is 24.4 Å². The van der Waals surface area contributed by atoms with E-state index in [0.717, 1.165) is 60.1 Å². The van der Waals surface area contributed by atoms with Gasteiger partial charge in [-0.3, -0.25) is 9.78 Å². The fourth-order valence-corrected chi connectivity index (χ4v) is 5.49. The first-order chi connectivity index (χ1) is 17.9. The normalized spacial score (nSPS) is 21.4. The minimum atomic E-state index is -0.731.